The molecular formula is C23H32F2N2O. The Balaban J connectivity index is 1.80. The Morgan fingerprint density at radius 2 is 1.50 bits per heavy atom. The van der Waals surface area contributed by atoms with Crippen LogP contribution in [0, 0.1) is 0 Å². The largest absolute Gasteiger partial charge is 0.490 e. The van der Waals surface area contributed by atoms with Crippen LogP contribution in [0.1, 0.15) is 64.4 Å². The molecule has 1 aromatic carbocycles. The fourth-order valence-electron chi connectivity index (χ4n) is 2.98. The fourth-order valence-corrected chi connectivity index (χ4v) is 2.98. The molecule has 0 fully saturated rings. The van der Waals surface area contributed by atoms with E-state index in [0.29, 0.717) is 11.6 Å². The summed E-state index contributed by atoms with van der Waals surface area (Å²) in [5, 5.41) is 0. The van der Waals surface area contributed by atoms with Crippen LogP contribution in [0.5, 0.6) is 5.75 Å². The van der Waals surface area contributed by atoms with E-state index in [1.807, 2.05) is 24.5 Å². The van der Waals surface area contributed by atoms with Gasteiger partial charge in [0.2, 0.25) is 0 Å². The van der Waals surface area contributed by atoms with Crippen LogP contribution < -0.4 is 4.74 Å². The maximum Gasteiger partial charge on any atom is 0.165 e. The molecule has 0 N–H and O–H groups in total. The number of hydrogen-bond acceptors (Lipinski definition) is 3. The third kappa shape index (κ3) is 7.53. The van der Waals surface area contributed by atoms with Gasteiger partial charge in [0.05, 0.1) is 0 Å². The number of hydrogen-bond donors (Lipinski definition) is 0. The summed E-state index contributed by atoms with van der Waals surface area (Å²) in [6.45, 7) is 3.57. The van der Waals surface area contributed by atoms with Crippen molar-refractivity contribution >= 4 is 0 Å². The van der Waals surface area contributed by atoms with Gasteiger partial charge in [-0.15, -0.1) is 0 Å². The summed E-state index contributed by atoms with van der Waals surface area (Å²) in [6, 6.07) is 7.12. The molecule has 0 spiro atoms. The van der Waals surface area contributed by atoms with Gasteiger partial charge in [0.15, 0.2) is 12.0 Å². The average molecular weight is 391 g/mol. The number of ether oxygens (including phenoxy) is 1. The van der Waals surface area contributed by atoms with Crippen LogP contribution in [-0.2, 0) is 6.42 Å². The van der Waals surface area contributed by atoms with Crippen LogP contribution in [0.15, 0.2) is 36.7 Å². The highest BCUT2D eigenvalue weighted by Gasteiger charge is 2.19. The van der Waals surface area contributed by atoms with E-state index in [4.69, 9.17) is 4.74 Å². The van der Waals surface area contributed by atoms with Crippen LogP contribution in [0.25, 0.3) is 11.4 Å². The van der Waals surface area contributed by atoms with E-state index in [0.717, 1.165) is 17.5 Å². The predicted octanol–water partition coefficient (Wildman–Crippen LogP) is 6.51. The van der Waals surface area contributed by atoms with Crippen LogP contribution in [-0.4, -0.2) is 28.9 Å². The van der Waals surface area contributed by atoms with Gasteiger partial charge < -0.3 is 4.74 Å². The zero-order valence-electron chi connectivity index (χ0n) is 17.0. The van der Waals surface area contributed by atoms with Crippen molar-refractivity contribution in [2.45, 2.75) is 77.6 Å². The second kappa shape index (κ2) is 12.4. The lowest BCUT2D eigenvalue weighted by Gasteiger charge is -2.13. The first-order chi connectivity index (χ1) is 13.6. The Hall–Kier alpha value is -2.04. The first-order valence-corrected chi connectivity index (χ1v) is 10.5. The highest BCUT2D eigenvalue weighted by molar-refractivity contribution is 5.55. The van der Waals surface area contributed by atoms with Crippen molar-refractivity contribution in [2.24, 2.45) is 0 Å². The van der Waals surface area contributed by atoms with Crippen molar-refractivity contribution in [1.29, 1.82) is 0 Å². The van der Waals surface area contributed by atoms with Crippen LogP contribution in [0.3, 0.4) is 0 Å². The van der Waals surface area contributed by atoms with Crippen LogP contribution >= 0.6 is 0 Å². The molecule has 5 heteroatoms. The van der Waals surface area contributed by atoms with Gasteiger partial charge in [-0.2, -0.15) is 0 Å². The predicted molar refractivity (Wildman–Crippen MR) is 110 cm³/mol. The highest BCUT2D eigenvalue weighted by Crippen LogP contribution is 2.20. The number of rotatable bonds is 13. The third-order valence-electron chi connectivity index (χ3n) is 4.83. The lowest BCUT2D eigenvalue weighted by Crippen LogP contribution is -2.23. The first-order valence-electron chi connectivity index (χ1n) is 10.5. The van der Waals surface area contributed by atoms with Gasteiger partial charge in [0.25, 0.3) is 0 Å². The summed E-state index contributed by atoms with van der Waals surface area (Å²) in [6.07, 6.45) is 9.50. The molecule has 1 heterocycles. The van der Waals surface area contributed by atoms with Gasteiger partial charge in [-0.1, -0.05) is 46.0 Å². The van der Waals surface area contributed by atoms with Crippen molar-refractivity contribution in [2.75, 3.05) is 6.61 Å². The Labute approximate surface area is 167 Å². The molecule has 2 unspecified atom stereocenters. The molecule has 3 nitrogen and oxygen atoms in total. The number of alkyl halides is 2. The minimum absolute atomic E-state index is 0.148. The zero-order valence-corrected chi connectivity index (χ0v) is 17.0. The minimum Gasteiger partial charge on any atom is -0.490 e. The van der Waals surface area contributed by atoms with E-state index in [2.05, 4.69) is 16.9 Å². The van der Waals surface area contributed by atoms with Gasteiger partial charge in [-0.25, -0.2) is 18.7 Å². The number of aromatic nitrogens is 2. The molecule has 0 bridgehead atoms. The topological polar surface area (TPSA) is 35.0 Å². The molecule has 0 aliphatic heterocycles. The van der Waals surface area contributed by atoms with Crippen molar-refractivity contribution in [1.82, 2.24) is 9.97 Å². The molecule has 1 aromatic heterocycles. The summed E-state index contributed by atoms with van der Waals surface area (Å²) in [4.78, 5) is 8.91. The van der Waals surface area contributed by atoms with Gasteiger partial charge >= 0.3 is 0 Å². The van der Waals surface area contributed by atoms with E-state index >= 15 is 0 Å². The van der Waals surface area contributed by atoms with E-state index < -0.39 is 12.3 Å². The number of nitrogens with zero attached hydrogens (tertiary/aromatic N) is 2. The van der Waals surface area contributed by atoms with Gasteiger partial charge in [-0.3, -0.25) is 0 Å². The smallest absolute Gasteiger partial charge is 0.165 e. The Kier molecular flexibility index (Phi) is 9.87. The number of halogens is 2. The first kappa shape index (κ1) is 22.3. The molecule has 2 atom stereocenters. The molecule has 2 aromatic rings. The van der Waals surface area contributed by atoms with E-state index in [-0.39, 0.29) is 13.0 Å². The number of benzene rings is 1. The molecule has 0 amide bonds. The van der Waals surface area contributed by atoms with Crippen molar-refractivity contribution in [3.05, 3.63) is 42.2 Å². The number of aryl methyl sites for hydroxylation is 1. The van der Waals surface area contributed by atoms with Gasteiger partial charge in [0, 0.05) is 18.0 Å². The quantitative estimate of drug-likeness (QED) is 0.366. The highest BCUT2D eigenvalue weighted by atomic mass is 19.2. The maximum absolute atomic E-state index is 13.5. The molecule has 28 heavy (non-hydrogen) atoms. The van der Waals surface area contributed by atoms with Crippen LogP contribution in [0.4, 0.5) is 8.78 Å². The Morgan fingerprint density at radius 1 is 0.857 bits per heavy atom. The third-order valence-corrected chi connectivity index (χ3v) is 4.83. The molecular weight excluding hydrogens is 358 g/mol. The summed E-state index contributed by atoms with van der Waals surface area (Å²) in [7, 11) is 0. The Bertz CT molecular complexity index is 661. The zero-order chi connectivity index (χ0) is 20.2. The van der Waals surface area contributed by atoms with E-state index in [9.17, 15) is 8.78 Å². The second-order valence-corrected chi connectivity index (χ2v) is 7.21. The van der Waals surface area contributed by atoms with Crippen molar-refractivity contribution in [3.8, 4) is 17.1 Å². The molecule has 0 aliphatic carbocycles. The standard InChI is InChI=1S/C23H32F2N2O/c1-3-5-6-7-8-9-10-18-15-26-23(27-16-18)19-11-13-20(14-12-19)28-17-22(25)21(24)4-2/h11-16,21-22H,3-10,17H2,1-2H3. The van der Waals surface area contributed by atoms with Gasteiger partial charge in [-0.05, 0) is 49.1 Å². The lowest BCUT2D eigenvalue weighted by atomic mass is 10.1. The molecule has 0 aliphatic rings. The van der Waals surface area contributed by atoms with Crippen molar-refractivity contribution in [3.63, 3.8) is 0 Å². The maximum atomic E-state index is 13.5. The summed E-state index contributed by atoms with van der Waals surface area (Å²) >= 11 is 0. The second-order valence-electron chi connectivity index (χ2n) is 7.21. The SMILES string of the molecule is CCCCCCCCc1cnc(-c2ccc(OCC(F)C(F)CC)cc2)nc1. The van der Waals surface area contributed by atoms with Gasteiger partial charge in [0.1, 0.15) is 18.5 Å². The molecule has 154 valence electrons. The summed E-state index contributed by atoms with van der Waals surface area (Å²) < 4.78 is 32.1. The summed E-state index contributed by atoms with van der Waals surface area (Å²) in [5.74, 6) is 1.16. The molecule has 0 saturated heterocycles. The fraction of sp³-hybridized carbons (Fsp3) is 0.565. The van der Waals surface area contributed by atoms with E-state index in [1.165, 1.54) is 38.5 Å². The molecule has 2 rings (SSSR count). The van der Waals surface area contributed by atoms with Crippen molar-refractivity contribution < 1.29 is 13.5 Å². The minimum atomic E-state index is -1.60. The normalized spacial score (nSPS) is 13.3. The lowest BCUT2D eigenvalue weighted by molar-refractivity contribution is 0.106. The summed E-state index contributed by atoms with van der Waals surface area (Å²) in [5.41, 5.74) is 2.03. The van der Waals surface area contributed by atoms with Crippen LogP contribution in [0.2, 0.25) is 0 Å². The molecule has 0 saturated carbocycles. The van der Waals surface area contributed by atoms with E-state index in [1.54, 1.807) is 19.1 Å². The number of unbranched alkanes of at least 4 members (excludes halogenated alkanes) is 5. The monoisotopic (exact) mass is 390 g/mol. The molecule has 0 radical (unpaired) electrons. The average Bonchev–Trinajstić information content (AvgIpc) is 2.74. The Morgan fingerprint density at radius 3 is 2.14 bits per heavy atom.